The highest BCUT2D eigenvalue weighted by molar-refractivity contribution is 5.95. The second-order valence-electron chi connectivity index (χ2n) is 6.07. The van der Waals surface area contributed by atoms with Gasteiger partial charge in [-0.2, -0.15) is 0 Å². The van der Waals surface area contributed by atoms with Gasteiger partial charge in [-0.15, -0.1) is 12.4 Å². The highest BCUT2D eigenvalue weighted by atomic mass is 35.5. The van der Waals surface area contributed by atoms with Crippen LogP contribution in [-0.2, 0) is 0 Å². The van der Waals surface area contributed by atoms with Gasteiger partial charge in [0.2, 0.25) is 0 Å². The molecule has 0 aliphatic carbocycles. The Kier molecular flexibility index (Phi) is 5.19. The van der Waals surface area contributed by atoms with Crippen LogP contribution < -0.4 is 5.32 Å². The average molecular weight is 365 g/mol. The Morgan fingerprint density at radius 2 is 1.62 bits per heavy atom. The fraction of sp³-hybridized carbons (Fsp3) is 0.0455. The number of nitrogens with one attached hydrogen (secondary N) is 1. The van der Waals surface area contributed by atoms with Crippen LogP contribution in [0, 0.1) is 12.7 Å². The summed E-state index contributed by atoms with van der Waals surface area (Å²) in [4.78, 5) is 4.70. The van der Waals surface area contributed by atoms with Gasteiger partial charge in [0.05, 0.1) is 16.9 Å². The van der Waals surface area contributed by atoms with Crippen LogP contribution >= 0.6 is 12.4 Å². The molecule has 4 aromatic rings. The summed E-state index contributed by atoms with van der Waals surface area (Å²) < 4.78 is 13.6. The van der Waals surface area contributed by atoms with Gasteiger partial charge in [-0.1, -0.05) is 48.0 Å². The summed E-state index contributed by atoms with van der Waals surface area (Å²) in [7, 11) is 0. The fourth-order valence-corrected chi connectivity index (χ4v) is 2.87. The van der Waals surface area contributed by atoms with Crippen LogP contribution in [0.5, 0.6) is 0 Å². The van der Waals surface area contributed by atoms with E-state index in [0.717, 1.165) is 33.5 Å². The Morgan fingerprint density at radius 1 is 0.846 bits per heavy atom. The zero-order valence-corrected chi connectivity index (χ0v) is 15.1. The molecular weight excluding hydrogens is 347 g/mol. The molecule has 0 aliphatic rings. The van der Waals surface area contributed by atoms with Crippen molar-refractivity contribution in [2.75, 3.05) is 5.32 Å². The van der Waals surface area contributed by atoms with Crippen molar-refractivity contribution in [2.24, 2.45) is 0 Å². The van der Waals surface area contributed by atoms with Crippen LogP contribution in [0.2, 0.25) is 0 Å². The molecule has 0 fully saturated rings. The Morgan fingerprint density at radius 3 is 2.38 bits per heavy atom. The monoisotopic (exact) mass is 364 g/mol. The first-order valence-electron chi connectivity index (χ1n) is 8.18. The predicted octanol–water partition coefficient (Wildman–Crippen LogP) is 6.51. The smallest absolute Gasteiger partial charge is 0.123 e. The zero-order valence-electron chi connectivity index (χ0n) is 14.2. The van der Waals surface area contributed by atoms with E-state index >= 15 is 0 Å². The number of para-hydroxylation sites is 1. The van der Waals surface area contributed by atoms with Crippen molar-refractivity contribution in [1.29, 1.82) is 0 Å². The molecule has 3 aromatic carbocycles. The van der Waals surface area contributed by atoms with Gasteiger partial charge >= 0.3 is 0 Å². The molecule has 2 nitrogen and oxygen atoms in total. The number of nitrogens with zero attached hydrogens (tertiary/aromatic N) is 1. The van der Waals surface area contributed by atoms with E-state index in [4.69, 9.17) is 4.98 Å². The molecular formula is C22H18ClFN2. The van der Waals surface area contributed by atoms with E-state index in [1.165, 1.54) is 17.7 Å². The van der Waals surface area contributed by atoms with Crippen molar-refractivity contribution in [3.8, 4) is 11.3 Å². The molecule has 1 heterocycles. The third-order valence-corrected chi connectivity index (χ3v) is 4.17. The van der Waals surface area contributed by atoms with Crippen LogP contribution in [0.15, 0.2) is 78.9 Å². The van der Waals surface area contributed by atoms with Crippen molar-refractivity contribution < 1.29 is 4.39 Å². The summed E-state index contributed by atoms with van der Waals surface area (Å²) in [6, 6.07) is 24.7. The second kappa shape index (κ2) is 7.54. The molecule has 26 heavy (non-hydrogen) atoms. The van der Waals surface area contributed by atoms with Crippen molar-refractivity contribution in [3.63, 3.8) is 0 Å². The van der Waals surface area contributed by atoms with Crippen molar-refractivity contribution in [3.05, 3.63) is 90.2 Å². The lowest BCUT2D eigenvalue weighted by Gasteiger charge is -2.12. The maximum Gasteiger partial charge on any atom is 0.123 e. The van der Waals surface area contributed by atoms with E-state index in [2.05, 4.69) is 24.4 Å². The number of hydrogen-bond acceptors (Lipinski definition) is 2. The molecule has 0 amide bonds. The van der Waals surface area contributed by atoms with Crippen molar-refractivity contribution in [2.45, 2.75) is 6.92 Å². The first kappa shape index (κ1) is 17.9. The lowest BCUT2D eigenvalue weighted by Crippen LogP contribution is -1.95. The molecule has 0 atom stereocenters. The van der Waals surface area contributed by atoms with E-state index in [-0.39, 0.29) is 18.2 Å². The van der Waals surface area contributed by atoms with Gasteiger partial charge in [0.15, 0.2) is 0 Å². The van der Waals surface area contributed by atoms with Gasteiger partial charge in [-0.25, -0.2) is 9.37 Å². The van der Waals surface area contributed by atoms with Gasteiger partial charge in [-0.3, -0.25) is 0 Å². The topological polar surface area (TPSA) is 24.9 Å². The van der Waals surface area contributed by atoms with E-state index in [1.807, 2.05) is 48.5 Å². The SMILES string of the molecule is Cc1ccc(Nc2cc(-c3cccc(F)c3)nc3ccccc23)cc1.Cl. The number of aryl methyl sites for hydroxylation is 1. The van der Waals surface area contributed by atoms with Crippen LogP contribution in [0.1, 0.15) is 5.56 Å². The largest absolute Gasteiger partial charge is 0.355 e. The maximum atomic E-state index is 13.6. The van der Waals surface area contributed by atoms with E-state index < -0.39 is 0 Å². The van der Waals surface area contributed by atoms with Crippen molar-refractivity contribution >= 4 is 34.7 Å². The highest BCUT2D eigenvalue weighted by Gasteiger charge is 2.08. The molecule has 1 N–H and O–H groups in total. The van der Waals surface area contributed by atoms with Crippen LogP contribution in [0.25, 0.3) is 22.2 Å². The lowest BCUT2D eigenvalue weighted by atomic mass is 10.1. The molecule has 0 saturated heterocycles. The summed E-state index contributed by atoms with van der Waals surface area (Å²) in [5.74, 6) is -0.263. The van der Waals surface area contributed by atoms with Crippen molar-refractivity contribution in [1.82, 2.24) is 4.98 Å². The number of halogens is 2. The maximum absolute atomic E-state index is 13.6. The first-order chi connectivity index (χ1) is 12.2. The van der Waals surface area contributed by atoms with Gasteiger partial charge in [0.25, 0.3) is 0 Å². The van der Waals surface area contributed by atoms with Gasteiger partial charge in [-0.05, 0) is 43.3 Å². The fourth-order valence-electron chi connectivity index (χ4n) is 2.87. The highest BCUT2D eigenvalue weighted by Crippen LogP contribution is 2.30. The standard InChI is InChI=1S/C22H17FN2.ClH/c1-15-9-11-18(12-10-15)24-22-14-21(16-5-4-6-17(23)13-16)25-20-8-3-2-7-19(20)22;/h2-14H,1H3,(H,24,25);1H. The molecule has 0 saturated carbocycles. The molecule has 0 unspecified atom stereocenters. The van der Waals surface area contributed by atoms with Crippen LogP contribution in [0.3, 0.4) is 0 Å². The molecule has 4 rings (SSSR count). The summed E-state index contributed by atoms with van der Waals surface area (Å²) in [6.07, 6.45) is 0. The third-order valence-electron chi connectivity index (χ3n) is 4.17. The van der Waals surface area contributed by atoms with E-state index in [0.29, 0.717) is 0 Å². The first-order valence-corrected chi connectivity index (χ1v) is 8.18. The molecule has 0 bridgehead atoms. The predicted molar refractivity (Wildman–Crippen MR) is 109 cm³/mol. The number of pyridine rings is 1. The van der Waals surface area contributed by atoms with Gasteiger partial charge in [0.1, 0.15) is 5.82 Å². The number of fused-ring (bicyclic) bond motifs is 1. The number of benzene rings is 3. The molecule has 0 spiro atoms. The minimum atomic E-state index is -0.263. The molecule has 0 radical (unpaired) electrons. The Hall–Kier alpha value is -2.91. The van der Waals surface area contributed by atoms with Crippen LogP contribution in [-0.4, -0.2) is 4.98 Å². The lowest BCUT2D eigenvalue weighted by molar-refractivity contribution is 0.628. The van der Waals surface area contributed by atoms with Gasteiger partial charge in [0, 0.05) is 16.6 Å². The van der Waals surface area contributed by atoms with E-state index in [1.54, 1.807) is 6.07 Å². The summed E-state index contributed by atoms with van der Waals surface area (Å²) >= 11 is 0. The zero-order chi connectivity index (χ0) is 17.2. The summed E-state index contributed by atoms with van der Waals surface area (Å²) in [5.41, 5.74) is 5.55. The Labute approximate surface area is 158 Å². The number of aromatic nitrogens is 1. The molecule has 0 aliphatic heterocycles. The summed E-state index contributed by atoms with van der Waals surface area (Å²) in [6.45, 7) is 2.06. The third kappa shape index (κ3) is 3.68. The molecule has 130 valence electrons. The van der Waals surface area contributed by atoms with E-state index in [9.17, 15) is 4.39 Å². The number of hydrogen-bond donors (Lipinski definition) is 1. The quantitative estimate of drug-likeness (QED) is 0.448. The Balaban J connectivity index is 0.00000196. The minimum absolute atomic E-state index is 0. The van der Waals surface area contributed by atoms with Crippen LogP contribution in [0.4, 0.5) is 15.8 Å². The molecule has 1 aromatic heterocycles. The minimum Gasteiger partial charge on any atom is -0.355 e. The number of rotatable bonds is 3. The summed E-state index contributed by atoms with van der Waals surface area (Å²) in [5, 5.41) is 4.50. The second-order valence-corrected chi connectivity index (χ2v) is 6.07. The molecule has 4 heteroatoms. The van der Waals surface area contributed by atoms with Gasteiger partial charge < -0.3 is 5.32 Å². The number of anilines is 2. The average Bonchev–Trinajstić information content (AvgIpc) is 2.63. The Bertz CT molecular complexity index is 1050. The normalized spacial score (nSPS) is 10.4.